The summed E-state index contributed by atoms with van der Waals surface area (Å²) in [5.41, 5.74) is 7.91. The summed E-state index contributed by atoms with van der Waals surface area (Å²) in [6.07, 6.45) is 1.34. The van der Waals surface area contributed by atoms with Gasteiger partial charge in [-0.05, 0) is 12.0 Å². The average molecular weight is 235 g/mol. The molecule has 1 N–H and O–H groups in total. The first kappa shape index (κ1) is 11.3. The number of carbonyl (C=O) groups excluding carboxylic acids is 1. The highest BCUT2D eigenvalue weighted by atomic mass is 79.9. The normalized spacial score (nSPS) is 8.75. The number of carbonyl (C=O) groups is 1. The van der Waals surface area contributed by atoms with E-state index in [1.54, 1.807) is 0 Å². The molecular weight excluding hydrogens is 224 g/mol. The van der Waals surface area contributed by atoms with Crippen LogP contribution in [-0.2, 0) is 4.79 Å². The molecule has 0 aliphatic carbocycles. The van der Waals surface area contributed by atoms with Crippen molar-refractivity contribution in [1.29, 1.82) is 0 Å². The van der Waals surface area contributed by atoms with Crippen molar-refractivity contribution < 1.29 is 4.79 Å². The summed E-state index contributed by atoms with van der Waals surface area (Å²) in [6.45, 7) is 0.738. The van der Waals surface area contributed by atoms with Crippen molar-refractivity contribution in [3.8, 4) is 0 Å². The van der Waals surface area contributed by atoms with Gasteiger partial charge in [0.15, 0.2) is 0 Å². The SMILES string of the molecule is [N-]=[N+]=NCCNC(=O)CCCBr. The Hall–Kier alpha value is -0.740. The molecule has 0 radical (unpaired) electrons. The molecule has 68 valence electrons. The molecule has 6 heteroatoms. The van der Waals surface area contributed by atoms with Crippen LogP contribution in [0.15, 0.2) is 5.11 Å². The third-order valence-corrected chi connectivity index (χ3v) is 1.70. The molecule has 5 nitrogen and oxygen atoms in total. The molecule has 0 spiro atoms. The summed E-state index contributed by atoms with van der Waals surface area (Å²) in [5, 5.41) is 6.74. The molecule has 0 saturated heterocycles. The lowest BCUT2D eigenvalue weighted by molar-refractivity contribution is -0.121. The highest BCUT2D eigenvalue weighted by Gasteiger charge is 1.97. The molecule has 0 saturated carbocycles. The van der Waals surface area contributed by atoms with Gasteiger partial charge in [-0.1, -0.05) is 21.0 Å². The lowest BCUT2D eigenvalue weighted by atomic mass is 10.3. The third kappa shape index (κ3) is 7.37. The molecule has 0 heterocycles. The van der Waals surface area contributed by atoms with E-state index in [9.17, 15) is 4.79 Å². The summed E-state index contributed by atoms with van der Waals surface area (Å²) >= 11 is 3.22. The van der Waals surface area contributed by atoms with E-state index in [0.29, 0.717) is 19.5 Å². The maximum Gasteiger partial charge on any atom is 0.220 e. The van der Waals surface area contributed by atoms with E-state index >= 15 is 0 Å². The number of hydrogen-bond acceptors (Lipinski definition) is 2. The van der Waals surface area contributed by atoms with E-state index in [4.69, 9.17) is 5.53 Å². The van der Waals surface area contributed by atoms with Crippen LogP contribution in [0, 0.1) is 0 Å². The van der Waals surface area contributed by atoms with Crippen molar-refractivity contribution in [2.24, 2.45) is 5.11 Å². The van der Waals surface area contributed by atoms with Gasteiger partial charge in [0.05, 0.1) is 0 Å². The number of rotatable bonds is 6. The molecule has 12 heavy (non-hydrogen) atoms. The minimum atomic E-state index is 0.00240. The van der Waals surface area contributed by atoms with Gasteiger partial charge in [-0.25, -0.2) is 0 Å². The van der Waals surface area contributed by atoms with Gasteiger partial charge in [-0.2, -0.15) is 0 Å². The van der Waals surface area contributed by atoms with Crippen LogP contribution in [0.2, 0.25) is 0 Å². The number of alkyl halides is 1. The first-order chi connectivity index (χ1) is 5.81. The Labute approximate surface area is 79.3 Å². The standard InChI is InChI=1S/C6H11BrN4O/c7-3-1-2-6(12)9-4-5-10-11-8/h1-5H2,(H,9,12). The molecule has 0 aromatic heterocycles. The monoisotopic (exact) mass is 234 g/mol. The quantitative estimate of drug-likeness (QED) is 0.245. The number of azide groups is 1. The second-order valence-corrected chi connectivity index (χ2v) is 2.89. The molecule has 0 fully saturated rings. The van der Waals surface area contributed by atoms with Gasteiger partial charge in [0.25, 0.3) is 0 Å². The lowest BCUT2D eigenvalue weighted by Crippen LogP contribution is -2.25. The predicted molar refractivity (Wildman–Crippen MR) is 50.1 cm³/mol. The van der Waals surface area contributed by atoms with E-state index in [1.807, 2.05) is 0 Å². The van der Waals surface area contributed by atoms with E-state index in [1.165, 1.54) is 0 Å². The Morgan fingerprint density at radius 3 is 3.00 bits per heavy atom. The van der Waals surface area contributed by atoms with Crippen LogP contribution in [0.25, 0.3) is 10.4 Å². The van der Waals surface area contributed by atoms with Crippen LogP contribution in [0.3, 0.4) is 0 Å². The molecule has 0 aromatic rings. The zero-order chi connectivity index (χ0) is 9.23. The molecule has 0 atom stereocenters. The van der Waals surface area contributed by atoms with Gasteiger partial charge in [0, 0.05) is 29.8 Å². The molecule has 0 rings (SSSR count). The van der Waals surface area contributed by atoms with E-state index < -0.39 is 0 Å². The van der Waals surface area contributed by atoms with Crippen LogP contribution >= 0.6 is 15.9 Å². The minimum Gasteiger partial charge on any atom is -0.356 e. The van der Waals surface area contributed by atoms with Crippen LogP contribution in [0.1, 0.15) is 12.8 Å². The second-order valence-electron chi connectivity index (χ2n) is 2.10. The molecular formula is C6H11BrN4O. The lowest BCUT2D eigenvalue weighted by Gasteiger charge is -2.00. The van der Waals surface area contributed by atoms with Crippen LogP contribution < -0.4 is 5.32 Å². The van der Waals surface area contributed by atoms with E-state index in [2.05, 4.69) is 31.3 Å². The van der Waals surface area contributed by atoms with Crippen molar-refractivity contribution in [3.63, 3.8) is 0 Å². The van der Waals surface area contributed by atoms with E-state index in [-0.39, 0.29) is 5.91 Å². The van der Waals surface area contributed by atoms with Gasteiger partial charge in [0.1, 0.15) is 0 Å². The van der Waals surface area contributed by atoms with Crippen molar-refractivity contribution in [1.82, 2.24) is 5.32 Å². The number of hydrogen-bond donors (Lipinski definition) is 1. The fraction of sp³-hybridized carbons (Fsp3) is 0.833. The van der Waals surface area contributed by atoms with Gasteiger partial charge in [-0.15, -0.1) is 0 Å². The smallest absolute Gasteiger partial charge is 0.220 e. The van der Waals surface area contributed by atoms with Crippen molar-refractivity contribution in [2.75, 3.05) is 18.4 Å². The van der Waals surface area contributed by atoms with Gasteiger partial charge >= 0.3 is 0 Å². The van der Waals surface area contributed by atoms with Crippen LogP contribution in [0.5, 0.6) is 0 Å². The van der Waals surface area contributed by atoms with E-state index in [0.717, 1.165) is 11.8 Å². The average Bonchev–Trinajstić information content (AvgIpc) is 2.09. The number of nitrogens with zero attached hydrogens (tertiary/aromatic N) is 3. The zero-order valence-electron chi connectivity index (χ0n) is 6.66. The Kier molecular flexibility index (Phi) is 7.84. The second kappa shape index (κ2) is 8.36. The summed E-state index contributed by atoms with van der Waals surface area (Å²) in [4.78, 5) is 13.5. The number of amides is 1. The summed E-state index contributed by atoms with van der Waals surface area (Å²) in [7, 11) is 0. The highest BCUT2D eigenvalue weighted by molar-refractivity contribution is 9.09. The largest absolute Gasteiger partial charge is 0.356 e. The maximum absolute atomic E-state index is 10.9. The Morgan fingerprint density at radius 2 is 2.42 bits per heavy atom. The molecule has 0 aliphatic heterocycles. The van der Waals surface area contributed by atoms with Gasteiger partial charge in [-0.3, -0.25) is 4.79 Å². The summed E-state index contributed by atoms with van der Waals surface area (Å²) in [6, 6.07) is 0. The first-order valence-corrected chi connectivity index (χ1v) is 4.77. The molecule has 0 aromatic carbocycles. The fourth-order valence-electron chi connectivity index (χ4n) is 0.606. The zero-order valence-corrected chi connectivity index (χ0v) is 8.25. The fourth-order valence-corrected chi connectivity index (χ4v) is 0.886. The summed E-state index contributed by atoms with van der Waals surface area (Å²) in [5.74, 6) is 0.00240. The number of nitrogens with one attached hydrogen (secondary N) is 1. The predicted octanol–water partition coefficient (Wildman–Crippen LogP) is 1.59. The highest BCUT2D eigenvalue weighted by Crippen LogP contribution is 1.92. The molecule has 1 amide bonds. The molecule has 0 unspecified atom stereocenters. The topological polar surface area (TPSA) is 77.9 Å². The number of halogens is 1. The minimum absolute atomic E-state index is 0.00240. The first-order valence-electron chi connectivity index (χ1n) is 3.64. The Balaban J connectivity index is 3.25. The molecule has 0 bridgehead atoms. The Morgan fingerprint density at radius 1 is 1.67 bits per heavy atom. The van der Waals surface area contributed by atoms with Gasteiger partial charge < -0.3 is 5.32 Å². The van der Waals surface area contributed by atoms with Crippen LogP contribution in [0.4, 0.5) is 0 Å². The third-order valence-electron chi connectivity index (χ3n) is 1.13. The van der Waals surface area contributed by atoms with Crippen molar-refractivity contribution in [3.05, 3.63) is 10.4 Å². The molecule has 0 aliphatic rings. The van der Waals surface area contributed by atoms with Gasteiger partial charge in [0.2, 0.25) is 5.91 Å². The summed E-state index contributed by atoms with van der Waals surface area (Å²) < 4.78 is 0. The maximum atomic E-state index is 10.9. The van der Waals surface area contributed by atoms with Crippen molar-refractivity contribution in [2.45, 2.75) is 12.8 Å². The van der Waals surface area contributed by atoms with Crippen molar-refractivity contribution >= 4 is 21.8 Å². The van der Waals surface area contributed by atoms with Crippen LogP contribution in [-0.4, -0.2) is 24.3 Å². The Bertz CT molecular complexity index is 178.